The largest absolute Gasteiger partial charge is 0.352 e. The van der Waals surface area contributed by atoms with Gasteiger partial charge < -0.3 is 5.32 Å². The summed E-state index contributed by atoms with van der Waals surface area (Å²) < 4.78 is 0. The van der Waals surface area contributed by atoms with Crippen LogP contribution in [0.4, 0.5) is 0 Å². The maximum atomic E-state index is 11.8. The summed E-state index contributed by atoms with van der Waals surface area (Å²) in [5.41, 5.74) is 2.42. The molecule has 0 bridgehead atoms. The van der Waals surface area contributed by atoms with Crippen LogP contribution in [-0.4, -0.2) is 5.91 Å². The van der Waals surface area contributed by atoms with E-state index in [2.05, 4.69) is 36.5 Å². The molecular formula is C14H19NO. The Hall–Kier alpha value is -1.31. The van der Waals surface area contributed by atoms with E-state index in [-0.39, 0.29) is 11.8 Å². The van der Waals surface area contributed by atoms with Crippen molar-refractivity contribution in [1.29, 1.82) is 0 Å². The molecule has 86 valence electrons. The van der Waals surface area contributed by atoms with Gasteiger partial charge in [0, 0.05) is 12.5 Å². The van der Waals surface area contributed by atoms with Gasteiger partial charge in [-0.3, -0.25) is 4.79 Å². The third-order valence-electron chi connectivity index (χ3n) is 3.33. The number of aryl methyl sites for hydroxylation is 1. The van der Waals surface area contributed by atoms with Crippen molar-refractivity contribution in [1.82, 2.24) is 5.32 Å². The Morgan fingerprint density at radius 1 is 1.38 bits per heavy atom. The number of rotatable bonds is 4. The smallest absolute Gasteiger partial charge is 0.223 e. The van der Waals surface area contributed by atoms with Crippen molar-refractivity contribution < 1.29 is 4.79 Å². The molecule has 1 aliphatic carbocycles. The van der Waals surface area contributed by atoms with Crippen molar-refractivity contribution in [3.05, 3.63) is 35.4 Å². The molecule has 1 aromatic rings. The fourth-order valence-corrected chi connectivity index (χ4v) is 1.87. The van der Waals surface area contributed by atoms with Crippen LogP contribution in [0.3, 0.4) is 0 Å². The molecule has 1 N–H and O–H groups in total. The molecule has 0 saturated heterocycles. The van der Waals surface area contributed by atoms with Crippen LogP contribution in [0, 0.1) is 18.8 Å². The van der Waals surface area contributed by atoms with Crippen molar-refractivity contribution in [2.24, 2.45) is 11.8 Å². The molecule has 1 atom stereocenters. The Labute approximate surface area is 97.1 Å². The van der Waals surface area contributed by atoms with Crippen LogP contribution in [0.25, 0.3) is 0 Å². The van der Waals surface area contributed by atoms with E-state index in [0.717, 1.165) is 0 Å². The Bertz CT molecular complexity index is 365. The molecule has 0 spiro atoms. The molecule has 16 heavy (non-hydrogen) atoms. The Balaban J connectivity index is 1.82. The summed E-state index contributed by atoms with van der Waals surface area (Å²) >= 11 is 0. The van der Waals surface area contributed by atoms with Crippen molar-refractivity contribution >= 4 is 5.91 Å². The SMILES string of the molecule is Cc1ccc(CNC(=O)C(C)C2CC2)cc1. The minimum absolute atomic E-state index is 0.186. The van der Waals surface area contributed by atoms with E-state index >= 15 is 0 Å². The summed E-state index contributed by atoms with van der Waals surface area (Å²) in [6, 6.07) is 8.28. The summed E-state index contributed by atoms with van der Waals surface area (Å²) in [6.07, 6.45) is 2.44. The van der Waals surface area contributed by atoms with E-state index in [4.69, 9.17) is 0 Å². The highest BCUT2D eigenvalue weighted by molar-refractivity contribution is 5.78. The normalized spacial score (nSPS) is 16.9. The molecule has 0 aromatic heterocycles. The van der Waals surface area contributed by atoms with Gasteiger partial charge in [0.05, 0.1) is 0 Å². The summed E-state index contributed by atoms with van der Waals surface area (Å²) in [6.45, 7) is 4.75. The zero-order chi connectivity index (χ0) is 11.5. The molecule has 1 saturated carbocycles. The second-order valence-electron chi connectivity index (χ2n) is 4.83. The number of hydrogen-bond donors (Lipinski definition) is 1. The molecule has 1 aromatic carbocycles. The molecule has 2 nitrogen and oxygen atoms in total. The van der Waals surface area contributed by atoms with Gasteiger partial charge in [0.15, 0.2) is 0 Å². The quantitative estimate of drug-likeness (QED) is 0.825. The van der Waals surface area contributed by atoms with Gasteiger partial charge in [-0.2, -0.15) is 0 Å². The molecule has 2 rings (SSSR count). The summed E-state index contributed by atoms with van der Waals surface area (Å²) in [5, 5.41) is 3.00. The molecular weight excluding hydrogens is 198 g/mol. The standard InChI is InChI=1S/C14H19NO/c1-10-3-5-12(6-4-10)9-15-14(16)11(2)13-7-8-13/h3-6,11,13H,7-9H2,1-2H3,(H,15,16). The van der Waals surface area contributed by atoms with E-state index in [1.54, 1.807) is 0 Å². The summed E-state index contributed by atoms with van der Waals surface area (Å²) in [7, 11) is 0. The number of carbonyl (C=O) groups excluding carboxylic acids is 1. The zero-order valence-corrected chi connectivity index (χ0v) is 9.99. The molecule has 1 unspecified atom stereocenters. The minimum atomic E-state index is 0.186. The first-order chi connectivity index (χ1) is 7.66. The lowest BCUT2D eigenvalue weighted by molar-refractivity contribution is -0.125. The predicted octanol–water partition coefficient (Wildman–Crippen LogP) is 2.66. The van der Waals surface area contributed by atoms with Crippen LogP contribution in [0.2, 0.25) is 0 Å². The van der Waals surface area contributed by atoms with E-state index in [0.29, 0.717) is 12.5 Å². The van der Waals surface area contributed by atoms with Crippen LogP contribution >= 0.6 is 0 Å². The average Bonchev–Trinajstić information content (AvgIpc) is 3.11. The van der Waals surface area contributed by atoms with Crippen LogP contribution in [0.1, 0.15) is 30.9 Å². The molecule has 0 aliphatic heterocycles. The Morgan fingerprint density at radius 2 is 2.00 bits per heavy atom. The fraction of sp³-hybridized carbons (Fsp3) is 0.500. The van der Waals surface area contributed by atoms with Crippen molar-refractivity contribution in [3.8, 4) is 0 Å². The maximum absolute atomic E-state index is 11.8. The molecule has 1 fully saturated rings. The van der Waals surface area contributed by atoms with Gasteiger partial charge in [-0.15, -0.1) is 0 Å². The van der Waals surface area contributed by atoms with Gasteiger partial charge >= 0.3 is 0 Å². The van der Waals surface area contributed by atoms with E-state index in [9.17, 15) is 4.79 Å². The number of carbonyl (C=O) groups is 1. The first kappa shape index (κ1) is 11.2. The Kier molecular flexibility index (Phi) is 3.28. The lowest BCUT2D eigenvalue weighted by Crippen LogP contribution is -2.29. The molecule has 0 radical (unpaired) electrons. The van der Waals surface area contributed by atoms with Gasteiger partial charge in [0.2, 0.25) is 5.91 Å². The molecule has 1 aliphatic rings. The number of nitrogens with one attached hydrogen (secondary N) is 1. The van der Waals surface area contributed by atoms with E-state index in [1.807, 2.05) is 6.92 Å². The van der Waals surface area contributed by atoms with Crippen molar-refractivity contribution in [3.63, 3.8) is 0 Å². The van der Waals surface area contributed by atoms with Crippen LogP contribution in [0.5, 0.6) is 0 Å². The predicted molar refractivity (Wildman–Crippen MR) is 64.9 cm³/mol. The molecule has 2 heteroatoms. The average molecular weight is 217 g/mol. The Morgan fingerprint density at radius 3 is 2.56 bits per heavy atom. The molecule has 0 heterocycles. The number of amides is 1. The van der Waals surface area contributed by atoms with Crippen molar-refractivity contribution in [2.75, 3.05) is 0 Å². The monoisotopic (exact) mass is 217 g/mol. The lowest BCUT2D eigenvalue weighted by Gasteiger charge is -2.11. The summed E-state index contributed by atoms with van der Waals surface area (Å²) in [4.78, 5) is 11.8. The summed E-state index contributed by atoms with van der Waals surface area (Å²) in [5.74, 6) is 1.02. The third kappa shape index (κ3) is 2.84. The highest BCUT2D eigenvalue weighted by atomic mass is 16.1. The third-order valence-corrected chi connectivity index (χ3v) is 3.33. The van der Waals surface area contributed by atoms with E-state index in [1.165, 1.54) is 24.0 Å². The molecule has 1 amide bonds. The van der Waals surface area contributed by atoms with Gasteiger partial charge in [0.25, 0.3) is 0 Å². The van der Waals surface area contributed by atoms with Crippen molar-refractivity contribution in [2.45, 2.75) is 33.2 Å². The van der Waals surface area contributed by atoms with Gasteiger partial charge in [-0.05, 0) is 31.2 Å². The second kappa shape index (κ2) is 4.69. The first-order valence-electron chi connectivity index (χ1n) is 6.00. The topological polar surface area (TPSA) is 29.1 Å². The number of benzene rings is 1. The van der Waals surface area contributed by atoms with Gasteiger partial charge in [-0.25, -0.2) is 0 Å². The van der Waals surface area contributed by atoms with Crippen LogP contribution in [0.15, 0.2) is 24.3 Å². The first-order valence-corrected chi connectivity index (χ1v) is 6.00. The lowest BCUT2D eigenvalue weighted by atomic mass is 10.1. The van der Waals surface area contributed by atoms with Crippen LogP contribution in [-0.2, 0) is 11.3 Å². The zero-order valence-electron chi connectivity index (χ0n) is 9.99. The second-order valence-corrected chi connectivity index (χ2v) is 4.83. The van der Waals surface area contributed by atoms with Gasteiger partial charge in [-0.1, -0.05) is 36.8 Å². The van der Waals surface area contributed by atoms with E-state index < -0.39 is 0 Å². The maximum Gasteiger partial charge on any atom is 0.223 e. The number of hydrogen-bond acceptors (Lipinski definition) is 1. The highest BCUT2D eigenvalue weighted by Gasteiger charge is 2.32. The van der Waals surface area contributed by atoms with Crippen LogP contribution < -0.4 is 5.32 Å². The minimum Gasteiger partial charge on any atom is -0.352 e. The fourth-order valence-electron chi connectivity index (χ4n) is 1.87. The van der Waals surface area contributed by atoms with Gasteiger partial charge in [0.1, 0.15) is 0 Å². The highest BCUT2D eigenvalue weighted by Crippen LogP contribution is 2.36.